The van der Waals surface area contributed by atoms with Crippen LogP contribution in [-0.4, -0.2) is 36.4 Å². The van der Waals surface area contributed by atoms with Crippen LogP contribution in [0.5, 0.6) is 0 Å². The van der Waals surface area contributed by atoms with Gasteiger partial charge in [-0.3, -0.25) is 4.79 Å². The standard InChI is InChI=1S/C10H18F2N2O/c11-9(12)7-8(13)10(15)14-5-3-1-2-4-6-14/h8-9H,1-7,13H2. The second-order valence-electron chi connectivity index (χ2n) is 3.97. The van der Waals surface area contributed by atoms with E-state index in [2.05, 4.69) is 0 Å². The summed E-state index contributed by atoms with van der Waals surface area (Å²) in [6, 6.07) is -1.04. The molecule has 0 aromatic heterocycles. The van der Waals surface area contributed by atoms with Gasteiger partial charge in [-0.1, -0.05) is 12.8 Å². The maximum Gasteiger partial charge on any atom is 0.240 e. The van der Waals surface area contributed by atoms with Crippen LogP contribution >= 0.6 is 0 Å². The molecule has 0 bridgehead atoms. The largest absolute Gasteiger partial charge is 0.341 e. The molecule has 88 valence electrons. The second kappa shape index (κ2) is 6.00. The first-order valence-corrected chi connectivity index (χ1v) is 5.44. The van der Waals surface area contributed by atoms with E-state index in [-0.39, 0.29) is 5.91 Å². The quantitative estimate of drug-likeness (QED) is 0.780. The summed E-state index contributed by atoms with van der Waals surface area (Å²) in [5, 5.41) is 0. The highest BCUT2D eigenvalue weighted by Crippen LogP contribution is 2.12. The summed E-state index contributed by atoms with van der Waals surface area (Å²) in [7, 11) is 0. The van der Waals surface area contributed by atoms with Gasteiger partial charge in [0, 0.05) is 19.5 Å². The Morgan fingerprint density at radius 2 is 1.73 bits per heavy atom. The van der Waals surface area contributed by atoms with E-state index >= 15 is 0 Å². The lowest BCUT2D eigenvalue weighted by molar-refractivity contribution is -0.133. The molecule has 1 amide bonds. The molecule has 1 saturated heterocycles. The van der Waals surface area contributed by atoms with Crippen LogP contribution in [0.3, 0.4) is 0 Å². The maximum absolute atomic E-state index is 12.0. The lowest BCUT2D eigenvalue weighted by atomic mass is 10.2. The molecule has 0 saturated carbocycles. The summed E-state index contributed by atoms with van der Waals surface area (Å²) in [6.45, 7) is 1.32. The van der Waals surface area contributed by atoms with E-state index in [0.29, 0.717) is 13.1 Å². The molecular weight excluding hydrogens is 202 g/mol. The summed E-state index contributed by atoms with van der Waals surface area (Å²) >= 11 is 0. The number of carbonyl (C=O) groups excluding carboxylic acids is 1. The minimum Gasteiger partial charge on any atom is -0.341 e. The van der Waals surface area contributed by atoms with Crippen molar-refractivity contribution in [2.24, 2.45) is 5.73 Å². The molecule has 1 unspecified atom stereocenters. The maximum atomic E-state index is 12.0. The molecule has 0 radical (unpaired) electrons. The molecule has 0 aromatic rings. The number of nitrogens with zero attached hydrogens (tertiary/aromatic N) is 1. The van der Waals surface area contributed by atoms with Crippen molar-refractivity contribution >= 4 is 5.91 Å². The molecule has 15 heavy (non-hydrogen) atoms. The zero-order valence-corrected chi connectivity index (χ0v) is 8.79. The van der Waals surface area contributed by atoms with Gasteiger partial charge >= 0.3 is 0 Å². The molecule has 1 rings (SSSR count). The molecule has 0 aromatic carbocycles. The molecule has 0 spiro atoms. The first-order valence-electron chi connectivity index (χ1n) is 5.44. The van der Waals surface area contributed by atoms with E-state index in [4.69, 9.17) is 5.73 Å². The molecule has 1 aliphatic heterocycles. The Labute approximate surface area is 88.6 Å². The Balaban J connectivity index is 2.42. The average Bonchev–Trinajstić information content (AvgIpc) is 2.43. The minimum atomic E-state index is -2.50. The molecule has 3 nitrogen and oxygen atoms in total. The zero-order valence-electron chi connectivity index (χ0n) is 8.79. The minimum absolute atomic E-state index is 0.322. The predicted molar refractivity (Wildman–Crippen MR) is 53.6 cm³/mol. The Morgan fingerprint density at radius 1 is 1.20 bits per heavy atom. The van der Waals surface area contributed by atoms with Crippen molar-refractivity contribution in [3.63, 3.8) is 0 Å². The number of hydrogen-bond donors (Lipinski definition) is 1. The monoisotopic (exact) mass is 220 g/mol. The number of carbonyl (C=O) groups is 1. The second-order valence-corrected chi connectivity index (χ2v) is 3.97. The molecule has 1 aliphatic rings. The summed E-state index contributed by atoms with van der Waals surface area (Å²) in [5.74, 6) is -0.322. The third-order valence-corrected chi connectivity index (χ3v) is 2.67. The van der Waals surface area contributed by atoms with Gasteiger partial charge in [0.15, 0.2) is 0 Å². The van der Waals surface area contributed by atoms with Crippen LogP contribution in [0.25, 0.3) is 0 Å². The Hall–Kier alpha value is -0.710. The fourth-order valence-corrected chi connectivity index (χ4v) is 1.82. The average molecular weight is 220 g/mol. The molecule has 2 N–H and O–H groups in total. The number of hydrogen-bond acceptors (Lipinski definition) is 2. The summed E-state index contributed by atoms with van der Waals surface area (Å²) in [6.07, 6.45) is 1.08. The Bertz CT molecular complexity index is 204. The van der Waals surface area contributed by atoms with Gasteiger partial charge in [0.25, 0.3) is 0 Å². The lowest BCUT2D eigenvalue weighted by Gasteiger charge is -2.23. The van der Waals surface area contributed by atoms with Gasteiger partial charge in [0.05, 0.1) is 6.04 Å². The van der Waals surface area contributed by atoms with Crippen molar-refractivity contribution in [3.8, 4) is 0 Å². The molecular formula is C10H18F2N2O. The van der Waals surface area contributed by atoms with Crippen LogP contribution in [0.1, 0.15) is 32.1 Å². The first-order chi connectivity index (χ1) is 7.11. The highest BCUT2D eigenvalue weighted by Gasteiger charge is 2.24. The molecule has 5 heteroatoms. The van der Waals surface area contributed by atoms with E-state index in [1.54, 1.807) is 4.90 Å². The van der Waals surface area contributed by atoms with E-state index in [1.807, 2.05) is 0 Å². The Morgan fingerprint density at radius 3 is 2.20 bits per heavy atom. The Kier molecular flexibility index (Phi) is 4.94. The van der Waals surface area contributed by atoms with Gasteiger partial charge in [-0.2, -0.15) is 0 Å². The van der Waals surface area contributed by atoms with Gasteiger partial charge in [-0.25, -0.2) is 8.78 Å². The van der Waals surface area contributed by atoms with Crippen LogP contribution in [0.4, 0.5) is 8.78 Å². The fraction of sp³-hybridized carbons (Fsp3) is 0.900. The number of amides is 1. The number of nitrogens with two attached hydrogens (primary N) is 1. The molecule has 1 atom stereocenters. The van der Waals surface area contributed by atoms with Crippen LogP contribution in [0, 0.1) is 0 Å². The van der Waals surface area contributed by atoms with Crippen molar-refractivity contribution < 1.29 is 13.6 Å². The molecule has 0 aliphatic carbocycles. The van der Waals surface area contributed by atoms with Crippen molar-refractivity contribution in [1.29, 1.82) is 0 Å². The fourth-order valence-electron chi connectivity index (χ4n) is 1.82. The highest BCUT2D eigenvalue weighted by molar-refractivity contribution is 5.81. The van der Waals surface area contributed by atoms with Crippen molar-refractivity contribution in [1.82, 2.24) is 4.90 Å². The summed E-state index contributed by atoms with van der Waals surface area (Å²) < 4.78 is 24.1. The van der Waals surface area contributed by atoms with Crippen LogP contribution in [0.2, 0.25) is 0 Å². The smallest absolute Gasteiger partial charge is 0.240 e. The first kappa shape index (κ1) is 12.4. The van der Waals surface area contributed by atoms with Gasteiger partial charge in [-0.15, -0.1) is 0 Å². The van der Waals surface area contributed by atoms with E-state index in [1.165, 1.54) is 0 Å². The summed E-state index contributed by atoms with van der Waals surface area (Å²) in [4.78, 5) is 13.3. The van der Waals surface area contributed by atoms with Gasteiger partial charge in [0.2, 0.25) is 12.3 Å². The normalized spacial score (nSPS) is 20.1. The van der Waals surface area contributed by atoms with Crippen LogP contribution in [0.15, 0.2) is 0 Å². The van der Waals surface area contributed by atoms with Crippen molar-refractivity contribution in [3.05, 3.63) is 0 Å². The van der Waals surface area contributed by atoms with E-state index < -0.39 is 18.9 Å². The zero-order chi connectivity index (χ0) is 11.3. The number of alkyl halides is 2. The third-order valence-electron chi connectivity index (χ3n) is 2.67. The predicted octanol–water partition coefficient (Wildman–Crippen LogP) is 1.37. The topological polar surface area (TPSA) is 46.3 Å². The van der Waals surface area contributed by atoms with Crippen LogP contribution in [-0.2, 0) is 4.79 Å². The number of likely N-dealkylation sites (tertiary alicyclic amines) is 1. The lowest BCUT2D eigenvalue weighted by Crippen LogP contribution is -2.45. The summed E-state index contributed by atoms with van der Waals surface area (Å²) in [5.41, 5.74) is 5.43. The van der Waals surface area contributed by atoms with E-state index in [9.17, 15) is 13.6 Å². The number of halogens is 2. The molecule has 1 fully saturated rings. The van der Waals surface area contributed by atoms with Gasteiger partial charge in [-0.05, 0) is 12.8 Å². The van der Waals surface area contributed by atoms with Crippen molar-refractivity contribution in [2.45, 2.75) is 44.6 Å². The van der Waals surface area contributed by atoms with Gasteiger partial charge < -0.3 is 10.6 Å². The van der Waals surface area contributed by atoms with Crippen LogP contribution < -0.4 is 5.73 Å². The van der Waals surface area contributed by atoms with E-state index in [0.717, 1.165) is 25.7 Å². The van der Waals surface area contributed by atoms with Crippen molar-refractivity contribution in [2.75, 3.05) is 13.1 Å². The SMILES string of the molecule is NC(CC(F)F)C(=O)N1CCCCCC1. The van der Waals surface area contributed by atoms with Gasteiger partial charge in [0.1, 0.15) is 0 Å². The third kappa shape index (κ3) is 4.11. The highest BCUT2D eigenvalue weighted by atomic mass is 19.3. The molecule has 1 heterocycles. The number of rotatable bonds is 3.